The smallest absolute Gasteiger partial charge is 0.178 e. The summed E-state index contributed by atoms with van der Waals surface area (Å²) in [6.45, 7) is 0. The van der Waals surface area contributed by atoms with Gasteiger partial charge in [-0.1, -0.05) is 18.2 Å². The summed E-state index contributed by atoms with van der Waals surface area (Å²) in [7, 11) is 0. The van der Waals surface area contributed by atoms with Crippen molar-refractivity contribution in [3.63, 3.8) is 0 Å². The van der Waals surface area contributed by atoms with Crippen LogP contribution in [-0.2, 0) is 5.41 Å². The van der Waals surface area contributed by atoms with E-state index < -0.39 is 0 Å². The zero-order valence-corrected chi connectivity index (χ0v) is 6.53. The minimum atomic E-state index is 0.116. The van der Waals surface area contributed by atoms with E-state index in [1.807, 2.05) is 12.1 Å². The minimum absolute atomic E-state index is 0.116. The summed E-state index contributed by atoms with van der Waals surface area (Å²) in [5.41, 5.74) is 2.14. The van der Waals surface area contributed by atoms with Crippen LogP contribution in [0.25, 0.3) is 0 Å². The van der Waals surface area contributed by atoms with E-state index >= 15 is 0 Å². The highest BCUT2D eigenvalue weighted by atomic mass is 16.1. The first-order valence-electron chi connectivity index (χ1n) is 4.47. The Balaban J connectivity index is 1.93. The summed E-state index contributed by atoms with van der Waals surface area (Å²) in [5, 5.41) is 0. The third-order valence-electron chi connectivity index (χ3n) is 3.81. The molecule has 5 rings (SSSR count). The SMILES string of the molecule is O=c1cccc(C23C4C2C43)cc1. The molecular formula is C11H8O. The fourth-order valence-corrected chi connectivity index (χ4v) is 2.74. The fraction of sp³-hybridized carbons (Fsp3) is 0.364. The third kappa shape index (κ3) is 0.385. The summed E-state index contributed by atoms with van der Waals surface area (Å²) < 4.78 is 0. The Bertz CT molecular complexity index is 421. The molecule has 0 amide bonds. The normalized spacial score (nSPS) is 49.5. The molecular weight excluding hydrogens is 148 g/mol. The zero-order chi connectivity index (χ0) is 7.92. The molecule has 0 radical (unpaired) electrons. The lowest BCUT2D eigenvalue weighted by atomic mass is 10.2. The Hall–Kier alpha value is -1.11. The summed E-state index contributed by atoms with van der Waals surface area (Å²) in [6.07, 6.45) is 0. The molecule has 0 aliphatic heterocycles. The average molecular weight is 156 g/mol. The molecule has 0 bridgehead atoms. The molecule has 0 unspecified atom stereocenters. The molecule has 1 aromatic carbocycles. The van der Waals surface area contributed by atoms with Gasteiger partial charge in [0.05, 0.1) is 0 Å². The standard InChI is InChI=1S/C11H8O/c12-7-3-1-2-6(4-5-7)11-8-9(11)10(8)11/h1-5,8-10H. The van der Waals surface area contributed by atoms with Gasteiger partial charge in [-0.2, -0.15) is 0 Å². The molecule has 4 fully saturated rings. The highest BCUT2D eigenvalue weighted by Crippen LogP contribution is 3.08. The molecule has 4 saturated carbocycles. The van der Waals surface area contributed by atoms with Crippen molar-refractivity contribution >= 4 is 0 Å². The molecule has 1 aromatic rings. The molecule has 0 aromatic heterocycles. The van der Waals surface area contributed by atoms with Crippen LogP contribution in [0, 0.1) is 17.8 Å². The van der Waals surface area contributed by atoms with Crippen LogP contribution in [0.15, 0.2) is 35.1 Å². The van der Waals surface area contributed by atoms with Gasteiger partial charge < -0.3 is 0 Å². The second-order valence-electron chi connectivity index (χ2n) is 4.23. The van der Waals surface area contributed by atoms with Crippen molar-refractivity contribution < 1.29 is 0 Å². The predicted molar refractivity (Wildman–Crippen MR) is 44.9 cm³/mol. The molecule has 4 aliphatic rings. The van der Waals surface area contributed by atoms with Gasteiger partial charge in [-0.05, 0) is 35.4 Å². The van der Waals surface area contributed by atoms with E-state index in [2.05, 4.69) is 6.07 Å². The molecule has 58 valence electrons. The molecule has 0 heterocycles. The van der Waals surface area contributed by atoms with E-state index in [1.165, 1.54) is 5.56 Å². The van der Waals surface area contributed by atoms with Gasteiger partial charge in [0.25, 0.3) is 0 Å². The molecule has 12 heavy (non-hydrogen) atoms. The summed E-state index contributed by atoms with van der Waals surface area (Å²) in [6, 6.07) is 9.34. The second-order valence-corrected chi connectivity index (χ2v) is 4.23. The van der Waals surface area contributed by atoms with Crippen molar-refractivity contribution in [2.45, 2.75) is 5.41 Å². The maximum absolute atomic E-state index is 11.0. The van der Waals surface area contributed by atoms with Crippen molar-refractivity contribution in [2.24, 2.45) is 17.8 Å². The van der Waals surface area contributed by atoms with Gasteiger partial charge in [0.1, 0.15) is 0 Å². The Kier molecular flexibility index (Phi) is 0.580. The Labute approximate surface area is 70.0 Å². The lowest BCUT2D eigenvalue weighted by molar-refractivity contribution is 1.10. The van der Waals surface area contributed by atoms with Crippen molar-refractivity contribution in [2.75, 3.05) is 0 Å². The van der Waals surface area contributed by atoms with Gasteiger partial charge in [0.2, 0.25) is 0 Å². The maximum atomic E-state index is 11.0. The monoisotopic (exact) mass is 156 g/mol. The van der Waals surface area contributed by atoms with E-state index in [-0.39, 0.29) is 5.43 Å². The van der Waals surface area contributed by atoms with Gasteiger partial charge in [-0.15, -0.1) is 0 Å². The second kappa shape index (κ2) is 1.26. The first-order valence-corrected chi connectivity index (χ1v) is 4.47. The van der Waals surface area contributed by atoms with Crippen LogP contribution in [-0.4, -0.2) is 0 Å². The van der Waals surface area contributed by atoms with Gasteiger partial charge >= 0.3 is 0 Å². The van der Waals surface area contributed by atoms with Crippen LogP contribution in [0.2, 0.25) is 0 Å². The molecule has 1 heteroatoms. The van der Waals surface area contributed by atoms with Crippen molar-refractivity contribution in [3.8, 4) is 0 Å². The van der Waals surface area contributed by atoms with Crippen LogP contribution in [0.5, 0.6) is 0 Å². The van der Waals surface area contributed by atoms with Gasteiger partial charge in [-0.3, -0.25) is 4.79 Å². The highest BCUT2D eigenvalue weighted by molar-refractivity contribution is 5.67. The molecule has 0 atom stereocenters. The summed E-state index contributed by atoms with van der Waals surface area (Å²) >= 11 is 0. The van der Waals surface area contributed by atoms with Crippen LogP contribution in [0.3, 0.4) is 0 Å². The Morgan fingerprint density at radius 3 is 2.42 bits per heavy atom. The van der Waals surface area contributed by atoms with E-state index in [4.69, 9.17) is 0 Å². The van der Waals surface area contributed by atoms with E-state index in [0.29, 0.717) is 5.41 Å². The van der Waals surface area contributed by atoms with Gasteiger partial charge in [0.15, 0.2) is 5.43 Å². The molecule has 0 N–H and O–H groups in total. The zero-order valence-electron chi connectivity index (χ0n) is 6.53. The van der Waals surface area contributed by atoms with E-state index in [9.17, 15) is 4.79 Å². The Morgan fingerprint density at radius 2 is 1.75 bits per heavy atom. The topological polar surface area (TPSA) is 17.1 Å². The minimum Gasteiger partial charge on any atom is -0.290 e. The van der Waals surface area contributed by atoms with Crippen LogP contribution in [0.1, 0.15) is 5.56 Å². The van der Waals surface area contributed by atoms with E-state index in [1.54, 1.807) is 12.1 Å². The molecule has 4 aliphatic carbocycles. The molecule has 1 nitrogen and oxygen atoms in total. The van der Waals surface area contributed by atoms with Crippen LogP contribution >= 0.6 is 0 Å². The largest absolute Gasteiger partial charge is 0.290 e. The highest BCUT2D eigenvalue weighted by Gasteiger charge is 3.09. The Morgan fingerprint density at radius 1 is 1.00 bits per heavy atom. The van der Waals surface area contributed by atoms with E-state index in [0.717, 1.165) is 17.8 Å². The van der Waals surface area contributed by atoms with Gasteiger partial charge in [0, 0.05) is 5.41 Å². The predicted octanol–water partition coefficient (Wildman–Crippen LogP) is 1.17. The quantitative estimate of drug-likeness (QED) is 0.596. The lowest BCUT2D eigenvalue weighted by Gasteiger charge is -1.88. The number of rotatable bonds is 1. The van der Waals surface area contributed by atoms with Gasteiger partial charge in [-0.25, -0.2) is 0 Å². The number of hydrogen-bond acceptors (Lipinski definition) is 1. The molecule has 0 spiro atoms. The lowest BCUT2D eigenvalue weighted by Crippen LogP contribution is -1.88. The summed E-state index contributed by atoms with van der Waals surface area (Å²) in [5.74, 6) is 3.11. The van der Waals surface area contributed by atoms with Crippen LogP contribution < -0.4 is 5.43 Å². The average Bonchev–Trinajstić information content (AvgIpc) is 2.90. The van der Waals surface area contributed by atoms with Crippen LogP contribution in [0.4, 0.5) is 0 Å². The summed E-state index contributed by atoms with van der Waals surface area (Å²) in [4.78, 5) is 11.0. The molecule has 0 saturated heterocycles. The fourth-order valence-electron chi connectivity index (χ4n) is 2.74. The first kappa shape index (κ1) is 5.52. The van der Waals surface area contributed by atoms with Crippen molar-refractivity contribution in [1.29, 1.82) is 0 Å². The first-order chi connectivity index (χ1) is 5.87. The number of hydrogen-bond donors (Lipinski definition) is 0. The maximum Gasteiger partial charge on any atom is 0.178 e. The third-order valence-corrected chi connectivity index (χ3v) is 3.81. The van der Waals surface area contributed by atoms with Crippen molar-refractivity contribution in [1.82, 2.24) is 0 Å². The van der Waals surface area contributed by atoms with Crippen molar-refractivity contribution in [3.05, 3.63) is 46.1 Å².